The number of aromatic nitrogens is 2. The Hall–Kier alpha value is -2.09. The van der Waals surface area contributed by atoms with Crippen LogP contribution in [0.1, 0.15) is 30.9 Å². The van der Waals surface area contributed by atoms with E-state index in [4.69, 9.17) is 21.1 Å². The van der Waals surface area contributed by atoms with E-state index in [0.29, 0.717) is 12.6 Å². The van der Waals surface area contributed by atoms with E-state index in [9.17, 15) is 0 Å². The normalized spacial score (nSPS) is 16.6. The zero-order valence-electron chi connectivity index (χ0n) is 16.9. The molecule has 0 saturated carbocycles. The van der Waals surface area contributed by atoms with Gasteiger partial charge in [-0.1, -0.05) is 23.7 Å². The molecule has 0 bridgehead atoms. The summed E-state index contributed by atoms with van der Waals surface area (Å²) in [5.74, 6) is 0.766. The number of halogens is 1. The highest BCUT2D eigenvalue weighted by molar-refractivity contribution is 6.30. The van der Waals surface area contributed by atoms with E-state index < -0.39 is 0 Å². The van der Waals surface area contributed by atoms with E-state index in [2.05, 4.69) is 20.7 Å². The van der Waals surface area contributed by atoms with Crippen LogP contribution < -0.4 is 10.6 Å². The van der Waals surface area contributed by atoms with Crippen molar-refractivity contribution < 1.29 is 9.47 Å². The molecule has 2 aromatic rings. The average Bonchev–Trinajstić information content (AvgIpc) is 3.28. The largest absolute Gasteiger partial charge is 0.381 e. The Morgan fingerprint density at radius 1 is 1.31 bits per heavy atom. The lowest BCUT2D eigenvalue weighted by atomic mass is 10.1. The highest BCUT2D eigenvalue weighted by atomic mass is 35.5. The van der Waals surface area contributed by atoms with Gasteiger partial charge in [0.15, 0.2) is 5.96 Å². The molecule has 1 fully saturated rings. The molecule has 1 atom stereocenters. The van der Waals surface area contributed by atoms with E-state index in [0.717, 1.165) is 62.2 Å². The summed E-state index contributed by atoms with van der Waals surface area (Å²) in [6.45, 7) is 3.82. The fraction of sp³-hybridized carbons (Fsp3) is 0.524. The Bertz CT molecular complexity index is 730. The van der Waals surface area contributed by atoms with Gasteiger partial charge >= 0.3 is 0 Å². The highest BCUT2D eigenvalue weighted by Gasteiger charge is 2.15. The second kappa shape index (κ2) is 11.8. The molecule has 0 amide bonds. The summed E-state index contributed by atoms with van der Waals surface area (Å²) in [5, 5.41) is 11.9. The highest BCUT2D eigenvalue weighted by Crippen LogP contribution is 2.19. The molecular weight excluding hydrogens is 390 g/mol. The Labute approximate surface area is 177 Å². The second-order valence-electron chi connectivity index (χ2n) is 6.97. The second-order valence-corrected chi connectivity index (χ2v) is 7.41. The first kappa shape index (κ1) is 21.6. The van der Waals surface area contributed by atoms with Gasteiger partial charge in [-0.25, -0.2) is 0 Å². The summed E-state index contributed by atoms with van der Waals surface area (Å²) in [7, 11) is 1.78. The number of rotatable bonds is 9. The number of nitrogens with one attached hydrogen (secondary N) is 2. The van der Waals surface area contributed by atoms with Crippen LogP contribution in [0, 0.1) is 0 Å². The van der Waals surface area contributed by atoms with Crippen molar-refractivity contribution in [1.29, 1.82) is 0 Å². The molecule has 2 heterocycles. The third-order valence-electron chi connectivity index (χ3n) is 4.92. The molecule has 3 rings (SSSR count). The van der Waals surface area contributed by atoms with E-state index >= 15 is 0 Å². The van der Waals surface area contributed by atoms with Crippen LogP contribution in [-0.2, 0) is 9.47 Å². The van der Waals surface area contributed by atoms with Crippen LogP contribution in [0.2, 0.25) is 5.02 Å². The van der Waals surface area contributed by atoms with Crippen LogP contribution in [-0.4, -0.2) is 61.8 Å². The maximum Gasteiger partial charge on any atom is 0.191 e. The third-order valence-corrected chi connectivity index (χ3v) is 5.17. The van der Waals surface area contributed by atoms with Crippen molar-refractivity contribution in [3.8, 4) is 0 Å². The van der Waals surface area contributed by atoms with E-state index in [1.54, 1.807) is 13.2 Å². The van der Waals surface area contributed by atoms with Gasteiger partial charge < -0.3 is 20.1 Å². The number of nitrogens with zero attached hydrogens (tertiary/aromatic N) is 3. The summed E-state index contributed by atoms with van der Waals surface area (Å²) in [6.07, 6.45) is 7.01. The molecule has 0 spiro atoms. The van der Waals surface area contributed by atoms with Gasteiger partial charge in [-0.2, -0.15) is 5.10 Å². The molecule has 1 saturated heterocycles. The van der Waals surface area contributed by atoms with Crippen LogP contribution in [0.15, 0.2) is 47.7 Å². The summed E-state index contributed by atoms with van der Waals surface area (Å²) in [4.78, 5) is 4.32. The van der Waals surface area contributed by atoms with Gasteiger partial charge in [-0.3, -0.25) is 9.67 Å². The predicted molar refractivity (Wildman–Crippen MR) is 116 cm³/mol. The monoisotopic (exact) mass is 419 g/mol. The van der Waals surface area contributed by atoms with Crippen LogP contribution >= 0.6 is 11.6 Å². The van der Waals surface area contributed by atoms with Crippen molar-refractivity contribution in [2.45, 2.75) is 31.4 Å². The van der Waals surface area contributed by atoms with Crippen molar-refractivity contribution in [3.05, 3.63) is 53.3 Å². The molecule has 0 aliphatic carbocycles. The van der Waals surface area contributed by atoms with Crippen LogP contribution in [0.4, 0.5) is 0 Å². The first-order valence-electron chi connectivity index (χ1n) is 10.1. The number of hydrogen-bond donors (Lipinski definition) is 2. The van der Waals surface area contributed by atoms with Gasteiger partial charge in [-0.15, -0.1) is 0 Å². The topological polar surface area (TPSA) is 72.7 Å². The molecule has 1 aliphatic heterocycles. The maximum atomic E-state index is 6.04. The molecule has 1 unspecified atom stereocenters. The molecule has 2 N–H and O–H groups in total. The standard InChI is InChI=1S/C21H30ClN5O2/c1-23-21(24-10-3-13-29-19-8-14-28-15-9-19)25-16-20(27-12-2-11-26-27)17-4-6-18(22)7-5-17/h2,4-7,11-12,19-20H,3,8-10,13-16H2,1H3,(H2,23,24,25). The molecule has 1 aromatic heterocycles. The molecule has 158 valence electrons. The Morgan fingerprint density at radius 2 is 2.10 bits per heavy atom. The van der Waals surface area contributed by atoms with Crippen LogP contribution in [0.25, 0.3) is 0 Å². The number of benzene rings is 1. The summed E-state index contributed by atoms with van der Waals surface area (Å²) in [5.41, 5.74) is 1.13. The molecular formula is C21H30ClN5O2. The Balaban J connectivity index is 1.44. The summed E-state index contributed by atoms with van der Waals surface area (Å²) in [6, 6.07) is 9.82. The predicted octanol–water partition coefficient (Wildman–Crippen LogP) is 2.88. The number of guanidine groups is 1. The summed E-state index contributed by atoms with van der Waals surface area (Å²) < 4.78 is 13.2. The van der Waals surface area contributed by atoms with Crippen molar-refractivity contribution in [2.75, 3.05) is 40.0 Å². The minimum Gasteiger partial charge on any atom is -0.381 e. The van der Waals surface area contributed by atoms with E-state index in [-0.39, 0.29) is 6.04 Å². The molecule has 8 heteroatoms. The smallest absolute Gasteiger partial charge is 0.191 e. The zero-order chi connectivity index (χ0) is 20.3. The summed E-state index contributed by atoms with van der Waals surface area (Å²) >= 11 is 6.04. The van der Waals surface area contributed by atoms with E-state index in [1.807, 2.05) is 41.2 Å². The Kier molecular flexibility index (Phi) is 8.80. The van der Waals surface area contributed by atoms with Crippen LogP contribution in [0.3, 0.4) is 0 Å². The first-order chi connectivity index (χ1) is 14.3. The fourth-order valence-corrected chi connectivity index (χ4v) is 3.43. The first-order valence-corrected chi connectivity index (χ1v) is 10.5. The maximum absolute atomic E-state index is 6.04. The van der Waals surface area contributed by atoms with E-state index in [1.165, 1.54) is 0 Å². The number of aliphatic imine (C=N–C) groups is 1. The van der Waals surface area contributed by atoms with Crippen molar-refractivity contribution in [2.24, 2.45) is 4.99 Å². The quantitative estimate of drug-likeness (QED) is 0.371. The number of ether oxygens (including phenoxy) is 2. The van der Waals surface area contributed by atoms with Gasteiger partial charge in [0, 0.05) is 57.4 Å². The van der Waals surface area contributed by atoms with Crippen LogP contribution in [0.5, 0.6) is 0 Å². The average molecular weight is 420 g/mol. The molecule has 29 heavy (non-hydrogen) atoms. The Morgan fingerprint density at radius 3 is 2.79 bits per heavy atom. The van der Waals surface area contributed by atoms with Gasteiger partial charge in [0.05, 0.1) is 12.1 Å². The SMILES string of the molecule is CN=C(NCCCOC1CCOCC1)NCC(c1ccc(Cl)cc1)n1cccn1. The number of hydrogen-bond acceptors (Lipinski definition) is 4. The van der Waals surface area contributed by atoms with Gasteiger partial charge in [0.2, 0.25) is 0 Å². The van der Waals surface area contributed by atoms with Crippen molar-refractivity contribution in [1.82, 2.24) is 20.4 Å². The molecule has 0 radical (unpaired) electrons. The minimum atomic E-state index is 0.0395. The lowest BCUT2D eigenvalue weighted by molar-refractivity contribution is -0.0320. The molecule has 1 aromatic carbocycles. The third kappa shape index (κ3) is 7.03. The fourth-order valence-electron chi connectivity index (χ4n) is 3.30. The van der Waals surface area contributed by atoms with Crippen molar-refractivity contribution in [3.63, 3.8) is 0 Å². The lowest BCUT2D eigenvalue weighted by Gasteiger charge is -2.22. The van der Waals surface area contributed by atoms with Gasteiger partial charge in [0.25, 0.3) is 0 Å². The lowest BCUT2D eigenvalue weighted by Crippen LogP contribution is -2.41. The van der Waals surface area contributed by atoms with Crippen molar-refractivity contribution >= 4 is 17.6 Å². The molecule has 7 nitrogen and oxygen atoms in total. The minimum absolute atomic E-state index is 0.0395. The molecule has 1 aliphatic rings. The zero-order valence-corrected chi connectivity index (χ0v) is 17.6. The van der Waals surface area contributed by atoms with Gasteiger partial charge in [-0.05, 0) is 43.0 Å². The van der Waals surface area contributed by atoms with Gasteiger partial charge in [0.1, 0.15) is 0 Å².